The lowest BCUT2D eigenvalue weighted by Gasteiger charge is -2.39. The van der Waals surface area contributed by atoms with Gasteiger partial charge in [0.15, 0.2) is 0 Å². The van der Waals surface area contributed by atoms with Crippen LogP contribution in [0.2, 0.25) is 0 Å². The second kappa shape index (κ2) is 7.56. The van der Waals surface area contributed by atoms with E-state index >= 15 is 0 Å². The number of benzene rings is 1. The highest BCUT2D eigenvalue weighted by molar-refractivity contribution is 5.95. The number of carbonyl (C=O) groups is 2. The molecule has 2 aliphatic rings. The Morgan fingerprint density at radius 3 is 2.68 bits per heavy atom. The second-order valence-corrected chi connectivity index (χ2v) is 7.73. The fourth-order valence-electron chi connectivity index (χ4n) is 4.05. The van der Waals surface area contributed by atoms with Crippen LogP contribution < -0.4 is 5.32 Å². The molecule has 1 saturated carbocycles. The summed E-state index contributed by atoms with van der Waals surface area (Å²) in [5.74, 6) is 0.154. The summed E-state index contributed by atoms with van der Waals surface area (Å²) >= 11 is 0. The van der Waals surface area contributed by atoms with Crippen LogP contribution in [0.15, 0.2) is 30.3 Å². The van der Waals surface area contributed by atoms with Gasteiger partial charge in [0.2, 0.25) is 5.91 Å². The minimum atomic E-state index is -0.563. The molecular formula is C20H28N2O3. The maximum Gasteiger partial charge on any atom is 0.253 e. The van der Waals surface area contributed by atoms with Crippen LogP contribution in [-0.4, -0.2) is 47.6 Å². The van der Waals surface area contributed by atoms with Crippen molar-refractivity contribution in [3.63, 3.8) is 0 Å². The standard InChI is InChI=1S/C20H28N2O3/c1-20(19(25)21-13-16-9-5-10-17(16)23)11-6-12-22(14-20)18(24)15-7-3-2-4-8-15/h2-4,7-8,16-17,23H,5-6,9-14H2,1H3,(H,21,25). The van der Waals surface area contributed by atoms with E-state index in [-0.39, 0.29) is 23.8 Å². The van der Waals surface area contributed by atoms with Gasteiger partial charge in [-0.3, -0.25) is 9.59 Å². The monoisotopic (exact) mass is 344 g/mol. The van der Waals surface area contributed by atoms with E-state index in [1.165, 1.54) is 0 Å². The van der Waals surface area contributed by atoms with Gasteiger partial charge in [0, 0.05) is 31.1 Å². The van der Waals surface area contributed by atoms with Crippen molar-refractivity contribution in [2.75, 3.05) is 19.6 Å². The lowest BCUT2D eigenvalue weighted by atomic mass is 9.80. The predicted molar refractivity (Wildman–Crippen MR) is 96.0 cm³/mol. The molecule has 5 nitrogen and oxygen atoms in total. The number of rotatable bonds is 4. The van der Waals surface area contributed by atoms with Crippen molar-refractivity contribution in [1.29, 1.82) is 0 Å². The first-order valence-corrected chi connectivity index (χ1v) is 9.30. The number of carbonyl (C=O) groups excluding carboxylic acids is 2. The Bertz CT molecular complexity index is 619. The number of piperidine rings is 1. The Morgan fingerprint density at radius 1 is 1.24 bits per heavy atom. The Hall–Kier alpha value is -1.88. The molecule has 0 radical (unpaired) electrons. The number of hydrogen-bond acceptors (Lipinski definition) is 3. The largest absolute Gasteiger partial charge is 0.393 e. The van der Waals surface area contributed by atoms with E-state index in [1.807, 2.05) is 37.3 Å². The van der Waals surface area contributed by atoms with Gasteiger partial charge in [-0.2, -0.15) is 0 Å². The van der Waals surface area contributed by atoms with Crippen LogP contribution in [0.3, 0.4) is 0 Å². The molecule has 2 fully saturated rings. The summed E-state index contributed by atoms with van der Waals surface area (Å²) in [6.45, 7) is 3.61. The van der Waals surface area contributed by atoms with E-state index in [2.05, 4.69) is 5.32 Å². The number of amides is 2. The van der Waals surface area contributed by atoms with Crippen LogP contribution in [0.25, 0.3) is 0 Å². The van der Waals surface area contributed by atoms with Gasteiger partial charge >= 0.3 is 0 Å². The van der Waals surface area contributed by atoms with Gasteiger partial charge in [-0.05, 0) is 44.7 Å². The van der Waals surface area contributed by atoms with Crippen LogP contribution in [-0.2, 0) is 4.79 Å². The first kappa shape index (κ1) is 17.9. The van der Waals surface area contributed by atoms with E-state index in [4.69, 9.17) is 0 Å². The number of aliphatic hydroxyl groups is 1. The summed E-state index contributed by atoms with van der Waals surface area (Å²) in [5.41, 5.74) is 0.105. The molecule has 0 bridgehead atoms. The third-order valence-corrected chi connectivity index (χ3v) is 5.70. The molecule has 1 heterocycles. The smallest absolute Gasteiger partial charge is 0.253 e. The van der Waals surface area contributed by atoms with E-state index in [1.54, 1.807) is 4.90 Å². The zero-order valence-electron chi connectivity index (χ0n) is 14.9. The van der Waals surface area contributed by atoms with E-state index in [0.29, 0.717) is 25.2 Å². The van der Waals surface area contributed by atoms with Gasteiger partial charge in [-0.15, -0.1) is 0 Å². The molecule has 3 rings (SSSR count). The SMILES string of the molecule is CC1(C(=O)NCC2CCCC2O)CCCN(C(=O)c2ccccc2)C1. The molecule has 136 valence electrons. The molecule has 1 aromatic rings. The molecule has 1 saturated heterocycles. The predicted octanol–water partition coefficient (Wildman–Crippen LogP) is 2.21. The van der Waals surface area contributed by atoms with Gasteiger partial charge in [-0.1, -0.05) is 24.6 Å². The van der Waals surface area contributed by atoms with Gasteiger partial charge in [0.1, 0.15) is 0 Å². The molecule has 3 unspecified atom stereocenters. The maximum absolute atomic E-state index is 12.8. The fourth-order valence-corrected chi connectivity index (χ4v) is 4.05. The summed E-state index contributed by atoms with van der Waals surface area (Å²) in [6.07, 6.45) is 4.14. The molecule has 1 aliphatic heterocycles. The van der Waals surface area contributed by atoms with Gasteiger partial charge in [-0.25, -0.2) is 0 Å². The number of likely N-dealkylation sites (tertiary alicyclic amines) is 1. The van der Waals surface area contributed by atoms with Gasteiger partial charge in [0.25, 0.3) is 5.91 Å². The van der Waals surface area contributed by atoms with Crippen LogP contribution >= 0.6 is 0 Å². The molecule has 1 aliphatic carbocycles. The first-order valence-electron chi connectivity index (χ1n) is 9.30. The Balaban J connectivity index is 1.60. The first-order chi connectivity index (χ1) is 12.0. The van der Waals surface area contributed by atoms with Crippen molar-refractivity contribution in [3.05, 3.63) is 35.9 Å². The number of nitrogens with zero attached hydrogens (tertiary/aromatic N) is 1. The zero-order chi connectivity index (χ0) is 17.9. The summed E-state index contributed by atoms with van der Waals surface area (Å²) in [5, 5.41) is 12.9. The van der Waals surface area contributed by atoms with Crippen molar-refractivity contribution < 1.29 is 14.7 Å². The topological polar surface area (TPSA) is 69.6 Å². The molecule has 0 aromatic heterocycles. The van der Waals surface area contributed by atoms with Crippen LogP contribution in [0, 0.1) is 11.3 Å². The lowest BCUT2D eigenvalue weighted by Crippen LogP contribution is -2.52. The molecule has 3 atom stereocenters. The van der Waals surface area contributed by atoms with E-state index in [9.17, 15) is 14.7 Å². The molecule has 2 amide bonds. The molecule has 0 spiro atoms. The molecule has 1 aromatic carbocycles. The van der Waals surface area contributed by atoms with E-state index < -0.39 is 5.41 Å². The minimum absolute atomic E-state index is 0.00263. The summed E-state index contributed by atoms with van der Waals surface area (Å²) in [7, 11) is 0. The summed E-state index contributed by atoms with van der Waals surface area (Å²) in [6, 6.07) is 9.24. The average molecular weight is 344 g/mol. The third-order valence-electron chi connectivity index (χ3n) is 5.70. The number of nitrogens with one attached hydrogen (secondary N) is 1. The van der Waals surface area contributed by atoms with Crippen LogP contribution in [0.1, 0.15) is 49.4 Å². The summed E-state index contributed by atoms with van der Waals surface area (Å²) in [4.78, 5) is 27.2. The van der Waals surface area contributed by atoms with Crippen molar-refractivity contribution in [2.24, 2.45) is 11.3 Å². The highest BCUT2D eigenvalue weighted by Gasteiger charge is 2.40. The van der Waals surface area contributed by atoms with Gasteiger partial charge in [0.05, 0.1) is 11.5 Å². The highest BCUT2D eigenvalue weighted by atomic mass is 16.3. The normalized spacial score (nSPS) is 29.4. The van der Waals surface area contributed by atoms with Crippen molar-refractivity contribution in [2.45, 2.75) is 45.1 Å². The average Bonchev–Trinajstić information content (AvgIpc) is 3.04. The van der Waals surface area contributed by atoms with E-state index in [0.717, 1.165) is 32.1 Å². The molecule has 2 N–H and O–H groups in total. The Kier molecular flexibility index (Phi) is 5.42. The van der Waals surface area contributed by atoms with Gasteiger partial charge < -0.3 is 15.3 Å². The maximum atomic E-state index is 12.8. The van der Waals surface area contributed by atoms with Crippen molar-refractivity contribution in [1.82, 2.24) is 10.2 Å². The van der Waals surface area contributed by atoms with Crippen LogP contribution in [0.5, 0.6) is 0 Å². The van der Waals surface area contributed by atoms with Crippen molar-refractivity contribution >= 4 is 11.8 Å². The lowest BCUT2D eigenvalue weighted by molar-refractivity contribution is -0.132. The second-order valence-electron chi connectivity index (χ2n) is 7.73. The summed E-state index contributed by atoms with van der Waals surface area (Å²) < 4.78 is 0. The number of hydrogen-bond donors (Lipinski definition) is 2. The Labute approximate surface area is 149 Å². The molecular weight excluding hydrogens is 316 g/mol. The minimum Gasteiger partial charge on any atom is -0.393 e. The molecule has 25 heavy (non-hydrogen) atoms. The fraction of sp³-hybridized carbons (Fsp3) is 0.600. The molecule has 5 heteroatoms. The zero-order valence-corrected chi connectivity index (χ0v) is 14.9. The van der Waals surface area contributed by atoms with Crippen molar-refractivity contribution in [3.8, 4) is 0 Å². The Morgan fingerprint density at radius 2 is 2.00 bits per heavy atom. The quantitative estimate of drug-likeness (QED) is 0.880. The number of aliphatic hydroxyl groups excluding tert-OH is 1. The third kappa shape index (κ3) is 4.03. The highest BCUT2D eigenvalue weighted by Crippen LogP contribution is 2.31. The van der Waals surface area contributed by atoms with Crippen LogP contribution in [0.4, 0.5) is 0 Å².